The molecule has 2 heteroatoms. The Kier molecular flexibility index (Phi) is 5.38. The van der Waals surface area contributed by atoms with Gasteiger partial charge in [0, 0.05) is 37.1 Å². The van der Waals surface area contributed by atoms with E-state index in [0.717, 1.165) is 75.8 Å². The summed E-state index contributed by atoms with van der Waals surface area (Å²) >= 11 is 1.71. The van der Waals surface area contributed by atoms with E-state index in [4.69, 9.17) is 6.85 Å². The summed E-state index contributed by atoms with van der Waals surface area (Å²) < 4.78 is 83.7. The Labute approximate surface area is 349 Å². The normalized spacial score (nSPS) is 15.3. The van der Waals surface area contributed by atoms with Crippen LogP contribution in [0.2, 0.25) is 0 Å². The standard InChI is InChI=1S/C55H35NS/c1-2-15-36(16-3-1)37-29-31-38(32-30-37)56(51-26-12-7-20-44(51)45-22-14-28-53-54(45)46-21-8-13-27-52(46)57-53)39-33-34-43-42-19-6-11-25-49(42)55(50(43)35-39)47-23-9-4-17-40(47)41-18-5-10-24-48(41)55/h1-35H/i1D,2D,3D,15D,16D,29D,30D,31D,32D. The lowest BCUT2D eigenvalue weighted by Crippen LogP contribution is -2.26. The van der Waals surface area contributed by atoms with Gasteiger partial charge in [-0.2, -0.15) is 0 Å². The third-order valence-electron chi connectivity index (χ3n) is 11.7. The molecule has 10 aromatic rings. The lowest BCUT2D eigenvalue weighted by Gasteiger charge is -2.32. The summed E-state index contributed by atoms with van der Waals surface area (Å²) in [4.78, 5) is 1.82. The second-order valence-electron chi connectivity index (χ2n) is 14.5. The van der Waals surface area contributed by atoms with Gasteiger partial charge >= 0.3 is 0 Å². The van der Waals surface area contributed by atoms with Gasteiger partial charge in [-0.05, 0) is 104 Å². The first-order valence-corrected chi connectivity index (χ1v) is 19.8. The van der Waals surface area contributed by atoms with Crippen LogP contribution in [0.3, 0.4) is 0 Å². The molecule has 1 nitrogen and oxygen atoms in total. The molecule has 1 aromatic heterocycles. The third-order valence-corrected chi connectivity index (χ3v) is 12.8. The van der Waals surface area contributed by atoms with Crippen molar-refractivity contribution in [2.75, 3.05) is 4.90 Å². The van der Waals surface area contributed by atoms with Crippen LogP contribution in [0.5, 0.6) is 0 Å². The summed E-state index contributed by atoms with van der Waals surface area (Å²) in [7, 11) is 0. The number of thiophene rings is 1. The summed E-state index contributed by atoms with van der Waals surface area (Å²) in [5.41, 5.74) is 10.3. The molecule has 2 aliphatic carbocycles. The van der Waals surface area contributed by atoms with E-state index in [1.54, 1.807) is 11.3 Å². The summed E-state index contributed by atoms with van der Waals surface area (Å²) in [5, 5.41) is 2.15. The monoisotopic (exact) mass is 750 g/mol. The van der Waals surface area contributed by atoms with Gasteiger partial charge in [-0.3, -0.25) is 0 Å². The van der Waals surface area contributed by atoms with E-state index in [9.17, 15) is 5.48 Å². The van der Waals surface area contributed by atoms with E-state index in [0.29, 0.717) is 11.4 Å². The van der Waals surface area contributed by atoms with Crippen molar-refractivity contribution in [1.82, 2.24) is 0 Å². The molecule has 12 rings (SSSR count). The Hall–Kier alpha value is -7.00. The zero-order chi connectivity index (χ0) is 45.3. The molecule has 0 N–H and O–H groups in total. The van der Waals surface area contributed by atoms with Gasteiger partial charge in [0.25, 0.3) is 0 Å². The van der Waals surface area contributed by atoms with E-state index in [1.807, 2.05) is 53.4 Å². The number of anilines is 3. The molecule has 57 heavy (non-hydrogen) atoms. The first kappa shape index (κ1) is 24.5. The molecule has 0 atom stereocenters. The average molecular weight is 751 g/mol. The molecule has 2 aliphatic rings. The van der Waals surface area contributed by atoms with Crippen LogP contribution in [0, 0.1) is 0 Å². The molecule has 266 valence electrons. The van der Waals surface area contributed by atoms with E-state index < -0.39 is 59.8 Å². The minimum absolute atomic E-state index is 0.0485. The number of nitrogens with zero attached hydrogens (tertiary/aromatic N) is 1. The molecule has 0 radical (unpaired) electrons. The maximum Gasteiger partial charge on any atom is 0.0726 e. The zero-order valence-electron chi connectivity index (χ0n) is 39.4. The number of benzene rings is 9. The van der Waals surface area contributed by atoms with Crippen LogP contribution in [0.25, 0.3) is 64.7 Å². The van der Waals surface area contributed by atoms with Crippen molar-refractivity contribution in [2.45, 2.75) is 5.41 Å². The Morgan fingerprint density at radius 1 is 0.404 bits per heavy atom. The maximum atomic E-state index is 9.86. The van der Waals surface area contributed by atoms with E-state index >= 15 is 0 Å². The highest BCUT2D eigenvalue weighted by Gasteiger charge is 2.51. The highest BCUT2D eigenvalue weighted by molar-refractivity contribution is 7.25. The number of fused-ring (bicyclic) bond motifs is 13. The predicted octanol–water partition coefficient (Wildman–Crippen LogP) is 15.2. The number of hydrogen-bond donors (Lipinski definition) is 0. The van der Waals surface area contributed by atoms with Crippen LogP contribution >= 0.6 is 11.3 Å². The van der Waals surface area contributed by atoms with Gasteiger partial charge < -0.3 is 4.90 Å². The first-order chi connectivity index (χ1) is 32.0. The fourth-order valence-corrected chi connectivity index (χ4v) is 10.6. The van der Waals surface area contributed by atoms with Gasteiger partial charge in [-0.15, -0.1) is 11.3 Å². The van der Waals surface area contributed by atoms with Gasteiger partial charge in [-0.25, -0.2) is 0 Å². The van der Waals surface area contributed by atoms with Crippen LogP contribution in [0.15, 0.2) is 212 Å². The highest BCUT2D eigenvalue weighted by atomic mass is 32.1. The summed E-state index contributed by atoms with van der Waals surface area (Å²) in [5.74, 6) is 0. The molecule has 1 spiro atoms. The van der Waals surface area contributed by atoms with Crippen molar-refractivity contribution in [3.05, 3.63) is 234 Å². The van der Waals surface area contributed by atoms with Crippen molar-refractivity contribution < 1.29 is 12.3 Å². The zero-order valence-corrected chi connectivity index (χ0v) is 31.2. The summed E-state index contributed by atoms with van der Waals surface area (Å²) in [6.07, 6.45) is 0. The molecule has 0 fully saturated rings. The second-order valence-corrected chi connectivity index (χ2v) is 15.6. The van der Waals surface area contributed by atoms with Crippen LogP contribution < -0.4 is 4.90 Å². The van der Waals surface area contributed by atoms with Gasteiger partial charge in [0.1, 0.15) is 0 Å². The Balaban J connectivity index is 1.18. The van der Waals surface area contributed by atoms with Crippen molar-refractivity contribution in [3.63, 3.8) is 0 Å². The second kappa shape index (κ2) is 12.5. The van der Waals surface area contributed by atoms with Crippen molar-refractivity contribution in [3.8, 4) is 44.5 Å². The predicted molar refractivity (Wildman–Crippen MR) is 241 cm³/mol. The van der Waals surface area contributed by atoms with Crippen LogP contribution in [-0.2, 0) is 5.41 Å². The molecule has 1 heterocycles. The summed E-state index contributed by atoms with van der Waals surface area (Å²) in [6, 6.07) is 49.1. The molecule has 0 saturated heterocycles. The average Bonchev–Trinajstić information content (AvgIpc) is 3.98. The van der Waals surface area contributed by atoms with Crippen molar-refractivity contribution >= 4 is 48.6 Å². The maximum absolute atomic E-state index is 9.86. The minimum Gasteiger partial charge on any atom is -0.310 e. The Morgan fingerprint density at radius 3 is 1.65 bits per heavy atom. The van der Waals surface area contributed by atoms with Crippen LogP contribution in [0.4, 0.5) is 17.1 Å². The lowest BCUT2D eigenvalue weighted by atomic mass is 9.70. The van der Waals surface area contributed by atoms with E-state index in [-0.39, 0.29) is 16.8 Å². The Bertz CT molecular complexity index is 3620. The fourth-order valence-electron chi connectivity index (χ4n) is 9.42. The van der Waals surface area contributed by atoms with Crippen molar-refractivity contribution in [2.24, 2.45) is 0 Å². The highest BCUT2D eigenvalue weighted by Crippen LogP contribution is 2.63. The van der Waals surface area contributed by atoms with Gasteiger partial charge in [0.2, 0.25) is 0 Å². The fraction of sp³-hybridized carbons (Fsp3) is 0.0182. The molecule has 9 aromatic carbocycles. The topological polar surface area (TPSA) is 3.24 Å². The first-order valence-electron chi connectivity index (χ1n) is 23.4. The molecule has 0 unspecified atom stereocenters. The molecular formula is C55H35NS. The lowest BCUT2D eigenvalue weighted by molar-refractivity contribution is 0.793. The summed E-state index contributed by atoms with van der Waals surface area (Å²) in [6.45, 7) is 0. The van der Waals surface area contributed by atoms with Gasteiger partial charge in [0.15, 0.2) is 0 Å². The van der Waals surface area contributed by atoms with E-state index in [1.165, 1.54) is 0 Å². The molecule has 0 aliphatic heterocycles. The van der Waals surface area contributed by atoms with E-state index in [2.05, 4.69) is 109 Å². The van der Waals surface area contributed by atoms with Crippen LogP contribution in [-0.4, -0.2) is 0 Å². The molecular weight excluding hydrogens is 707 g/mol. The quantitative estimate of drug-likeness (QED) is 0.169. The van der Waals surface area contributed by atoms with Gasteiger partial charge in [-0.1, -0.05) is 170 Å². The molecule has 0 bridgehead atoms. The molecule has 0 amide bonds. The number of para-hydroxylation sites is 1. The molecule has 0 saturated carbocycles. The largest absolute Gasteiger partial charge is 0.310 e. The smallest absolute Gasteiger partial charge is 0.0726 e. The van der Waals surface area contributed by atoms with Gasteiger partial charge in [0.05, 0.1) is 23.4 Å². The SMILES string of the molecule is [2H]c1c([2H])c([2H])c(-c2c([2H])c([2H])c(N(c3ccc4c(c3)C3(c5ccccc5-c5ccccc53)c3ccccc3-4)c3ccccc3-c3cccc4sc5ccccc5c34)c([2H])c2[2H])c([2H])c1[2H]. The third kappa shape index (κ3) is 4.62. The van der Waals surface area contributed by atoms with Crippen molar-refractivity contribution in [1.29, 1.82) is 0 Å². The number of hydrogen-bond acceptors (Lipinski definition) is 2. The minimum atomic E-state index is -0.721. The van der Waals surface area contributed by atoms with Crippen LogP contribution in [0.1, 0.15) is 34.6 Å². The number of rotatable bonds is 5. The Morgan fingerprint density at radius 2 is 0.947 bits per heavy atom.